The highest BCUT2D eigenvalue weighted by molar-refractivity contribution is 7.86. The summed E-state index contributed by atoms with van der Waals surface area (Å²) in [7, 11) is -4.19. The highest BCUT2D eigenvalue weighted by atomic mass is 32.2. The minimum absolute atomic E-state index is 0.445. The van der Waals surface area contributed by atoms with E-state index in [4.69, 9.17) is 0 Å². The molecule has 17 heavy (non-hydrogen) atoms. The molecular formula is C9H8F4O3S. The molecule has 8 heteroatoms. The van der Waals surface area contributed by atoms with Gasteiger partial charge in [0.2, 0.25) is 0 Å². The molecule has 0 aliphatic heterocycles. The highest BCUT2D eigenvalue weighted by Gasteiger charge is 2.30. The van der Waals surface area contributed by atoms with Crippen molar-refractivity contribution < 1.29 is 30.2 Å². The fourth-order valence-electron chi connectivity index (χ4n) is 1.02. The van der Waals surface area contributed by atoms with Gasteiger partial charge in [-0.3, -0.25) is 4.18 Å². The predicted molar refractivity (Wildman–Crippen MR) is 50.6 cm³/mol. The maximum Gasteiger partial charge on any atom is 0.416 e. The van der Waals surface area contributed by atoms with E-state index in [9.17, 15) is 26.0 Å². The number of hydrogen-bond donors (Lipinski definition) is 0. The quantitative estimate of drug-likeness (QED) is 0.624. The molecule has 0 saturated carbocycles. The first-order valence-electron chi connectivity index (χ1n) is 4.40. The van der Waals surface area contributed by atoms with Crippen molar-refractivity contribution >= 4 is 10.1 Å². The van der Waals surface area contributed by atoms with Crippen molar-refractivity contribution in [3.05, 3.63) is 29.8 Å². The van der Waals surface area contributed by atoms with Crippen LogP contribution < -0.4 is 0 Å². The highest BCUT2D eigenvalue weighted by Crippen LogP contribution is 2.29. The Morgan fingerprint density at radius 2 is 1.65 bits per heavy atom. The topological polar surface area (TPSA) is 43.4 Å². The molecule has 0 fully saturated rings. The van der Waals surface area contributed by atoms with E-state index >= 15 is 0 Å². The largest absolute Gasteiger partial charge is 0.416 e. The van der Waals surface area contributed by atoms with Crippen LogP contribution in [0, 0.1) is 0 Å². The number of alkyl halides is 4. The molecule has 0 unspecified atom stereocenters. The monoisotopic (exact) mass is 272 g/mol. The van der Waals surface area contributed by atoms with Gasteiger partial charge in [-0.2, -0.15) is 21.6 Å². The Morgan fingerprint density at radius 3 is 2.06 bits per heavy atom. The Hall–Kier alpha value is -1.15. The van der Waals surface area contributed by atoms with Gasteiger partial charge in [-0.05, 0) is 24.3 Å². The Balaban J connectivity index is 2.95. The Morgan fingerprint density at radius 1 is 1.12 bits per heavy atom. The van der Waals surface area contributed by atoms with Gasteiger partial charge in [-0.25, -0.2) is 4.39 Å². The minimum atomic E-state index is -4.54. The molecule has 0 aromatic heterocycles. The molecule has 0 radical (unpaired) electrons. The summed E-state index contributed by atoms with van der Waals surface area (Å²) in [5, 5.41) is 0. The molecule has 0 heterocycles. The van der Waals surface area contributed by atoms with E-state index in [0.29, 0.717) is 12.1 Å². The second-order valence-electron chi connectivity index (χ2n) is 2.99. The van der Waals surface area contributed by atoms with E-state index in [1.807, 2.05) is 0 Å². The zero-order valence-electron chi connectivity index (χ0n) is 8.37. The zero-order chi connectivity index (χ0) is 13.1. The molecule has 96 valence electrons. The molecule has 1 aromatic rings. The molecule has 0 aliphatic carbocycles. The average Bonchev–Trinajstić information content (AvgIpc) is 2.25. The molecular weight excluding hydrogens is 264 g/mol. The third kappa shape index (κ3) is 3.67. The summed E-state index contributed by atoms with van der Waals surface area (Å²) in [6.45, 7) is -1.66. The van der Waals surface area contributed by atoms with E-state index in [2.05, 4.69) is 4.18 Å². The van der Waals surface area contributed by atoms with E-state index in [0.717, 1.165) is 12.1 Å². The molecule has 0 atom stereocenters. The van der Waals surface area contributed by atoms with Crippen molar-refractivity contribution in [1.82, 2.24) is 0 Å². The minimum Gasteiger partial charge on any atom is -0.264 e. The van der Waals surface area contributed by atoms with Crippen molar-refractivity contribution in [2.75, 3.05) is 13.3 Å². The van der Waals surface area contributed by atoms with Gasteiger partial charge in [0, 0.05) is 0 Å². The van der Waals surface area contributed by atoms with Gasteiger partial charge in [0.05, 0.1) is 17.1 Å². The number of hydrogen-bond acceptors (Lipinski definition) is 3. The van der Waals surface area contributed by atoms with Gasteiger partial charge in [0.25, 0.3) is 10.1 Å². The van der Waals surface area contributed by atoms with Crippen LogP contribution in [0.2, 0.25) is 0 Å². The Labute approximate surface area is 95.1 Å². The van der Waals surface area contributed by atoms with Crippen molar-refractivity contribution in [3.63, 3.8) is 0 Å². The summed E-state index contributed by atoms with van der Waals surface area (Å²) in [6, 6.07) is 2.75. The van der Waals surface area contributed by atoms with Gasteiger partial charge >= 0.3 is 6.18 Å². The summed E-state index contributed by atoms with van der Waals surface area (Å²) >= 11 is 0. The standard InChI is InChI=1S/C9H8F4O3S/c10-5-6-16-17(14,15)8-3-1-7(2-4-8)9(11,12)13/h1-4H,5-6H2. The van der Waals surface area contributed by atoms with Crippen LogP contribution in [0.3, 0.4) is 0 Å². The van der Waals surface area contributed by atoms with Crippen molar-refractivity contribution in [2.24, 2.45) is 0 Å². The first-order chi connectivity index (χ1) is 7.77. The molecule has 0 bridgehead atoms. The first-order valence-corrected chi connectivity index (χ1v) is 5.81. The van der Waals surface area contributed by atoms with E-state index in [1.54, 1.807) is 0 Å². The Bertz CT molecular complexity index is 464. The van der Waals surface area contributed by atoms with Crippen LogP contribution in [-0.4, -0.2) is 21.7 Å². The summed E-state index contributed by atoms with van der Waals surface area (Å²) in [4.78, 5) is -0.445. The molecule has 0 saturated heterocycles. The van der Waals surface area contributed by atoms with Gasteiger partial charge in [0.1, 0.15) is 6.67 Å². The SMILES string of the molecule is O=S(=O)(OCCF)c1ccc(C(F)(F)F)cc1. The van der Waals surface area contributed by atoms with Crippen molar-refractivity contribution in [2.45, 2.75) is 11.1 Å². The van der Waals surface area contributed by atoms with Crippen molar-refractivity contribution in [3.8, 4) is 0 Å². The lowest BCUT2D eigenvalue weighted by Crippen LogP contribution is -2.10. The van der Waals surface area contributed by atoms with Crippen LogP contribution in [0.1, 0.15) is 5.56 Å². The molecule has 0 amide bonds. The number of halogens is 4. The molecule has 0 N–H and O–H groups in total. The summed E-state index contributed by atoms with van der Waals surface area (Å²) in [6.07, 6.45) is -4.54. The van der Waals surface area contributed by atoms with E-state index in [1.165, 1.54) is 0 Å². The first kappa shape index (κ1) is 13.9. The van der Waals surface area contributed by atoms with Crippen molar-refractivity contribution in [1.29, 1.82) is 0 Å². The number of rotatable bonds is 4. The third-order valence-corrected chi connectivity index (χ3v) is 3.11. The Kier molecular flexibility index (Phi) is 4.10. The summed E-state index contributed by atoms with van der Waals surface area (Å²) in [5.74, 6) is 0. The lowest BCUT2D eigenvalue weighted by atomic mass is 10.2. The maximum absolute atomic E-state index is 12.2. The predicted octanol–water partition coefficient (Wildman–Crippen LogP) is 2.38. The van der Waals surface area contributed by atoms with Crippen LogP contribution in [-0.2, 0) is 20.5 Å². The molecule has 3 nitrogen and oxygen atoms in total. The van der Waals surface area contributed by atoms with Crippen LogP contribution in [0.25, 0.3) is 0 Å². The summed E-state index contributed by atoms with van der Waals surface area (Å²) < 4.78 is 75.1. The third-order valence-electron chi connectivity index (χ3n) is 1.79. The van der Waals surface area contributed by atoms with Gasteiger partial charge < -0.3 is 0 Å². The second-order valence-corrected chi connectivity index (χ2v) is 4.60. The molecule has 0 spiro atoms. The fourth-order valence-corrected chi connectivity index (χ4v) is 1.91. The summed E-state index contributed by atoms with van der Waals surface area (Å²) in [5.41, 5.74) is -0.970. The maximum atomic E-state index is 12.2. The normalized spacial score (nSPS) is 12.7. The van der Waals surface area contributed by atoms with E-state index < -0.39 is 40.0 Å². The molecule has 1 aromatic carbocycles. The van der Waals surface area contributed by atoms with E-state index in [-0.39, 0.29) is 0 Å². The van der Waals surface area contributed by atoms with Crippen LogP contribution in [0.4, 0.5) is 17.6 Å². The van der Waals surface area contributed by atoms with Crippen LogP contribution in [0.15, 0.2) is 29.2 Å². The second kappa shape index (κ2) is 5.01. The fraction of sp³-hybridized carbons (Fsp3) is 0.333. The number of benzene rings is 1. The average molecular weight is 272 g/mol. The lowest BCUT2D eigenvalue weighted by molar-refractivity contribution is -0.137. The van der Waals surface area contributed by atoms with Crippen LogP contribution >= 0.6 is 0 Å². The van der Waals surface area contributed by atoms with Gasteiger partial charge in [0.15, 0.2) is 0 Å². The smallest absolute Gasteiger partial charge is 0.264 e. The zero-order valence-corrected chi connectivity index (χ0v) is 9.18. The molecule has 1 rings (SSSR count). The van der Waals surface area contributed by atoms with Gasteiger partial charge in [-0.1, -0.05) is 0 Å². The van der Waals surface area contributed by atoms with Gasteiger partial charge in [-0.15, -0.1) is 0 Å². The van der Waals surface area contributed by atoms with Crippen LogP contribution in [0.5, 0.6) is 0 Å². The lowest BCUT2D eigenvalue weighted by Gasteiger charge is -2.07. The molecule has 0 aliphatic rings.